The van der Waals surface area contributed by atoms with E-state index < -0.39 is 16.1 Å². The van der Waals surface area contributed by atoms with Gasteiger partial charge in [-0.15, -0.1) is 0 Å². The highest BCUT2D eigenvalue weighted by Crippen LogP contribution is 2.22. The highest BCUT2D eigenvalue weighted by atomic mass is 35.5. The molecule has 9 heteroatoms. The highest BCUT2D eigenvalue weighted by molar-refractivity contribution is 7.89. The Bertz CT molecular complexity index is 1070. The summed E-state index contributed by atoms with van der Waals surface area (Å²) in [5, 5.41) is 3.20. The monoisotopic (exact) mass is 491 g/mol. The molecule has 1 heterocycles. The lowest BCUT2D eigenvalue weighted by molar-refractivity contribution is -0.140. The van der Waals surface area contributed by atoms with Crippen molar-refractivity contribution >= 4 is 33.4 Å². The maximum atomic E-state index is 13.1. The molecule has 1 fully saturated rings. The molecule has 1 saturated heterocycles. The second-order valence-electron chi connectivity index (χ2n) is 8.19. The maximum Gasteiger partial charge on any atom is 0.243 e. The van der Waals surface area contributed by atoms with Crippen molar-refractivity contribution in [3.8, 4) is 0 Å². The molecule has 1 aliphatic rings. The van der Waals surface area contributed by atoms with Crippen molar-refractivity contribution in [3.05, 3.63) is 64.7 Å². The molecule has 7 nitrogen and oxygen atoms in total. The van der Waals surface area contributed by atoms with Crippen LogP contribution in [-0.2, 0) is 32.6 Å². The molecule has 1 N–H and O–H groups in total. The van der Waals surface area contributed by atoms with Gasteiger partial charge >= 0.3 is 0 Å². The predicted octanol–water partition coefficient (Wildman–Crippen LogP) is 3.22. The number of halogens is 1. The van der Waals surface area contributed by atoms with E-state index in [9.17, 15) is 18.0 Å². The number of carbonyl (C=O) groups is 2. The summed E-state index contributed by atoms with van der Waals surface area (Å²) >= 11 is 5.95. The summed E-state index contributed by atoms with van der Waals surface area (Å²) in [4.78, 5) is 27.1. The standard InChI is InChI=1S/C24H30ClN3O4S/c1-18(24(30)26-2)28(17-20-5-10-21(25)11-6-20)23(29)14-9-19-7-12-22(13-8-19)33(31,32)27-15-3-4-16-27/h5-8,10-13,18H,3-4,9,14-17H2,1-2H3,(H,26,30)/t18-/m0/s1. The van der Waals surface area contributed by atoms with E-state index in [4.69, 9.17) is 11.6 Å². The van der Waals surface area contributed by atoms with E-state index in [1.807, 2.05) is 12.1 Å². The number of amides is 2. The summed E-state index contributed by atoms with van der Waals surface area (Å²) in [7, 11) is -1.91. The van der Waals surface area contributed by atoms with Gasteiger partial charge in [-0.3, -0.25) is 9.59 Å². The SMILES string of the molecule is CNC(=O)[C@H](C)N(Cc1ccc(Cl)cc1)C(=O)CCc1ccc(S(=O)(=O)N2CCCC2)cc1. The Kier molecular flexibility index (Phi) is 8.51. The van der Waals surface area contributed by atoms with Crippen LogP contribution in [0.1, 0.15) is 37.3 Å². The zero-order valence-electron chi connectivity index (χ0n) is 19.0. The summed E-state index contributed by atoms with van der Waals surface area (Å²) in [5.74, 6) is -0.399. The molecule has 0 radical (unpaired) electrons. The Balaban J connectivity index is 1.67. The van der Waals surface area contributed by atoms with Gasteiger partial charge in [0.2, 0.25) is 21.8 Å². The summed E-state index contributed by atoms with van der Waals surface area (Å²) in [6, 6.07) is 13.2. The molecule has 2 aromatic rings. The number of nitrogens with zero attached hydrogens (tertiary/aromatic N) is 2. The van der Waals surface area contributed by atoms with Crippen LogP contribution in [0.4, 0.5) is 0 Å². The zero-order chi connectivity index (χ0) is 24.0. The zero-order valence-corrected chi connectivity index (χ0v) is 20.5. The highest BCUT2D eigenvalue weighted by Gasteiger charge is 2.27. The van der Waals surface area contributed by atoms with Crippen LogP contribution in [0.25, 0.3) is 0 Å². The number of likely N-dealkylation sites (N-methyl/N-ethyl adjacent to an activating group) is 1. The first-order valence-corrected chi connectivity index (χ1v) is 12.9. The van der Waals surface area contributed by atoms with Gasteiger partial charge in [-0.25, -0.2) is 8.42 Å². The molecule has 33 heavy (non-hydrogen) atoms. The Morgan fingerprint density at radius 3 is 2.18 bits per heavy atom. The number of nitrogens with one attached hydrogen (secondary N) is 1. The topological polar surface area (TPSA) is 86.8 Å². The predicted molar refractivity (Wildman–Crippen MR) is 128 cm³/mol. The first-order valence-electron chi connectivity index (χ1n) is 11.1. The van der Waals surface area contributed by atoms with E-state index in [-0.39, 0.29) is 29.7 Å². The fraction of sp³-hybridized carbons (Fsp3) is 0.417. The molecule has 1 atom stereocenters. The average molecular weight is 492 g/mol. The fourth-order valence-corrected chi connectivity index (χ4v) is 5.52. The fourth-order valence-electron chi connectivity index (χ4n) is 3.88. The van der Waals surface area contributed by atoms with Gasteiger partial charge in [0, 0.05) is 38.1 Å². The van der Waals surface area contributed by atoms with E-state index in [0.29, 0.717) is 24.5 Å². The molecule has 0 unspecified atom stereocenters. The van der Waals surface area contributed by atoms with Crippen LogP contribution in [0.3, 0.4) is 0 Å². The summed E-state index contributed by atoms with van der Waals surface area (Å²) in [6.07, 6.45) is 2.43. The van der Waals surface area contributed by atoms with Crippen molar-refractivity contribution in [1.82, 2.24) is 14.5 Å². The molecule has 1 aliphatic heterocycles. The normalized spacial score (nSPS) is 15.2. The minimum absolute atomic E-state index is 0.158. The molecule has 178 valence electrons. The van der Waals surface area contributed by atoms with E-state index in [1.54, 1.807) is 55.3 Å². The Labute approximate surface area is 200 Å². The first kappa shape index (κ1) is 25.2. The number of aryl methyl sites for hydroxylation is 1. The van der Waals surface area contributed by atoms with Gasteiger partial charge in [0.05, 0.1) is 4.90 Å². The van der Waals surface area contributed by atoms with Crippen LogP contribution in [0.15, 0.2) is 53.4 Å². The second-order valence-corrected chi connectivity index (χ2v) is 10.6. The molecule has 0 bridgehead atoms. The number of hydrogen-bond donors (Lipinski definition) is 1. The Morgan fingerprint density at radius 2 is 1.61 bits per heavy atom. The molecule has 0 aromatic heterocycles. The third-order valence-electron chi connectivity index (χ3n) is 5.93. The number of rotatable bonds is 9. The van der Waals surface area contributed by atoms with Gasteiger partial charge in [-0.05, 0) is 61.6 Å². The number of benzene rings is 2. The van der Waals surface area contributed by atoms with Crippen molar-refractivity contribution in [2.45, 2.75) is 50.1 Å². The number of hydrogen-bond acceptors (Lipinski definition) is 4. The second kappa shape index (κ2) is 11.1. The molecule has 2 aromatic carbocycles. The molecular formula is C24H30ClN3O4S. The van der Waals surface area contributed by atoms with Gasteiger partial charge < -0.3 is 10.2 Å². The van der Waals surface area contributed by atoms with Crippen molar-refractivity contribution in [2.24, 2.45) is 0 Å². The van der Waals surface area contributed by atoms with Crippen LogP contribution in [0.5, 0.6) is 0 Å². The van der Waals surface area contributed by atoms with Gasteiger partial charge in [0.15, 0.2) is 0 Å². The number of sulfonamides is 1. The van der Waals surface area contributed by atoms with E-state index >= 15 is 0 Å². The van der Waals surface area contributed by atoms with Crippen LogP contribution in [0, 0.1) is 0 Å². The Morgan fingerprint density at radius 1 is 1.03 bits per heavy atom. The van der Waals surface area contributed by atoms with E-state index in [2.05, 4.69) is 5.32 Å². The summed E-state index contributed by atoms with van der Waals surface area (Å²) in [5.41, 5.74) is 1.74. The molecule has 0 saturated carbocycles. The molecular weight excluding hydrogens is 462 g/mol. The summed E-state index contributed by atoms with van der Waals surface area (Å²) < 4.78 is 26.9. The van der Waals surface area contributed by atoms with Crippen molar-refractivity contribution in [1.29, 1.82) is 0 Å². The van der Waals surface area contributed by atoms with E-state index in [1.165, 1.54) is 4.31 Å². The number of carbonyl (C=O) groups excluding carboxylic acids is 2. The van der Waals surface area contributed by atoms with Crippen LogP contribution < -0.4 is 5.32 Å². The molecule has 0 aliphatic carbocycles. The minimum atomic E-state index is -3.46. The Hall–Kier alpha value is -2.42. The van der Waals surface area contributed by atoms with Crippen molar-refractivity contribution in [2.75, 3.05) is 20.1 Å². The lowest BCUT2D eigenvalue weighted by atomic mass is 10.1. The van der Waals surface area contributed by atoms with Crippen LogP contribution in [0.2, 0.25) is 5.02 Å². The van der Waals surface area contributed by atoms with Gasteiger partial charge in [0.1, 0.15) is 6.04 Å². The lowest BCUT2D eigenvalue weighted by Gasteiger charge is -2.28. The van der Waals surface area contributed by atoms with Gasteiger partial charge in [0.25, 0.3) is 0 Å². The smallest absolute Gasteiger partial charge is 0.243 e. The van der Waals surface area contributed by atoms with Crippen molar-refractivity contribution in [3.63, 3.8) is 0 Å². The van der Waals surface area contributed by atoms with Gasteiger partial charge in [-0.1, -0.05) is 35.9 Å². The van der Waals surface area contributed by atoms with Gasteiger partial charge in [-0.2, -0.15) is 4.31 Å². The van der Waals surface area contributed by atoms with Crippen molar-refractivity contribution < 1.29 is 18.0 Å². The first-order chi connectivity index (χ1) is 15.7. The largest absolute Gasteiger partial charge is 0.357 e. The average Bonchev–Trinajstić information content (AvgIpc) is 3.37. The molecule has 2 amide bonds. The summed E-state index contributed by atoms with van der Waals surface area (Å²) in [6.45, 7) is 3.11. The molecule has 3 rings (SSSR count). The van der Waals surface area contributed by atoms with E-state index in [0.717, 1.165) is 24.0 Å². The third-order valence-corrected chi connectivity index (χ3v) is 8.10. The molecule has 0 spiro atoms. The van der Waals surface area contributed by atoms with Crippen LogP contribution >= 0.6 is 11.6 Å². The van der Waals surface area contributed by atoms with Crippen LogP contribution in [-0.4, -0.2) is 55.6 Å². The third kappa shape index (κ3) is 6.34. The minimum Gasteiger partial charge on any atom is -0.357 e. The lowest BCUT2D eigenvalue weighted by Crippen LogP contribution is -2.46. The quantitative estimate of drug-likeness (QED) is 0.583. The maximum absolute atomic E-state index is 13.1.